The Balaban J connectivity index is 0.00000324. The zero-order valence-electron chi connectivity index (χ0n) is 18.5. The molecule has 4 aromatic carbocycles. The second kappa shape index (κ2) is 10.5. The van der Waals surface area contributed by atoms with E-state index in [0.29, 0.717) is 5.69 Å². The maximum atomic E-state index is 13.8. The Morgan fingerprint density at radius 3 is 2.21 bits per heavy atom. The predicted molar refractivity (Wildman–Crippen MR) is 133 cm³/mol. The summed E-state index contributed by atoms with van der Waals surface area (Å²) in [5.41, 5.74) is 1.42. The first-order chi connectivity index (χ1) is 15.9. The van der Waals surface area contributed by atoms with Gasteiger partial charge in [-0.2, -0.15) is 0 Å². The van der Waals surface area contributed by atoms with Crippen LogP contribution in [0.4, 0.5) is 15.8 Å². The summed E-state index contributed by atoms with van der Waals surface area (Å²) in [5, 5.41) is 16.0. The Hall–Kier alpha value is -3.68. The van der Waals surface area contributed by atoms with E-state index in [-0.39, 0.29) is 36.0 Å². The SMILES string of the molecule is COc1ccc(C(N[C@H](C)c2cccc(F)c2)c2cccc(Nc3c(O)c(=O)c3=O)c2)cc1.Cl. The number of rotatable bonds is 8. The fraction of sp³-hybridized carbons (Fsp3) is 0.154. The molecule has 0 heterocycles. The van der Waals surface area contributed by atoms with Crippen molar-refractivity contribution in [1.29, 1.82) is 0 Å². The van der Waals surface area contributed by atoms with Gasteiger partial charge < -0.3 is 15.2 Å². The minimum absolute atomic E-state index is 0. The molecular weight excluding hydrogens is 459 g/mol. The highest BCUT2D eigenvalue weighted by molar-refractivity contribution is 5.85. The molecular formula is C26H24ClFN2O4. The molecule has 176 valence electrons. The minimum Gasteiger partial charge on any atom is -0.502 e. The summed E-state index contributed by atoms with van der Waals surface area (Å²) in [7, 11) is 1.60. The predicted octanol–water partition coefficient (Wildman–Crippen LogP) is 4.74. The number of nitrogens with one attached hydrogen (secondary N) is 2. The number of methoxy groups -OCH3 is 1. The van der Waals surface area contributed by atoms with Gasteiger partial charge in [0.15, 0.2) is 5.75 Å². The van der Waals surface area contributed by atoms with Crippen molar-refractivity contribution in [1.82, 2.24) is 5.32 Å². The van der Waals surface area contributed by atoms with Crippen LogP contribution in [-0.2, 0) is 0 Å². The monoisotopic (exact) mass is 482 g/mol. The summed E-state index contributed by atoms with van der Waals surface area (Å²) >= 11 is 0. The minimum atomic E-state index is -0.893. The smallest absolute Gasteiger partial charge is 0.271 e. The van der Waals surface area contributed by atoms with E-state index in [2.05, 4.69) is 10.6 Å². The molecule has 0 aromatic heterocycles. The average molecular weight is 483 g/mol. The van der Waals surface area contributed by atoms with E-state index >= 15 is 0 Å². The lowest BCUT2D eigenvalue weighted by Crippen LogP contribution is -2.32. The third-order valence-electron chi connectivity index (χ3n) is 5.59. The number of hydrogen-bond donors (Lipinski definition) is 3. The van der Waals surface area contributed by atoms with Crippen LogP contribution in [0.15, 0.2) is 82.4 Å². The van der Waals surface area contributed by atoms with E-state index in [1.807, 2.05) is 55.5 Å². The van der Waals surface area contributed by atoms with Crippen LogP contribution in [0.3, 0.4) is 0 Å². The maximum Gasteiger partial charge on any atom is 0.271 e. The number of aromatic hydroxyl groups is 1. The molecule has 4 aromatic rings. The first-order valence-corrected chi connectivity index (χ1v) is 10.4. The molecule has 0 radical (unpaired) electrons. The van der Waals surface area contributed by atoms with Crippen LogP contribution in [0.25, 0.3) is 0 Å². The highest BCUT2D eigenvalue weighted by Gasteiger charge is 2.22. The largest absolute Gasteiger partial charge is 0.502 e. The Kier molecular flexibility index (Phi) is 7.71. The lowest BCUT2D eigenvalue weighted by atomic mass is 9.96. The molecule has 0 aliphatic carbocycles. The van der Waals surface area contributed by atoms with Crippen molar-refractivity contribution in [2.75, 3.05) is 12.4 Å². The molecule has 2 atom stereocenters. The van der Waals surface area contributed by atoms with Gasteiger partial charge in [-0.05, 0) is 60.0 Å². The van der Waals surface area contributed by atoms with Crippen LogP contribution in [0.5, 0.6) is 11.5 Å². The van der Waals surface area contributed by atoms with Gasteiger partial charge >= 0.3 is 0 Å². The zero-order valence-corrected chi connectivity index (χ0v) is 19.4. The van der Waals surface area contributed by atoms with Gasteiger partial charge in [0.25, 0.3) is 10.9 Å². The van der Waals surface area contributed by atoms with Gasteiger partial charge in [-0.25, -0.2) is 4.39 Å². The van der Waals surface area contributed by atoms with Gasteiger partial charge in [0.05, 0.1) is 13.2 Å². The third kappa shape index (κ3) is 5.11. The van der Waals surface area contributed by atoms with Crippen molar-refractivity contribution < 1.29 is 14.2 Å². The zero-order chi connectivity index (χ0) is 23.5. The number of anilines is 2. The van der Waals surface area contributed by atoms with Crippen molar-refractivity contribution in [2.24, 2.45) is 0 Å². The van der Waals surface area contributed by atoms with Crippen molar-refractivity contribution in [3.8, 4) is 11.5 Å². The molecule has 4 rings (SSSR count). The molecule has 0 aliphatic rings. The van der Waals surface area contributed by atoms with Crippen LogP contribution < -0.4 is 26.2 Å². The summed E-state index contributed by atoms with van der Waals surface area (Å²) in [6.45, 7) is 1.95. The van der Waals surface area contributed by atoms with E-state index in [0.717, 1.165) is 22.4 Å². The fourth-order valence-corrected chi connectivity index (χ4v) is 3.74. The molecule has 0 spiro atoms. The van der Waals surface area contributed by atoms with E-state index < -0.39 is 16.6 Å². The summed E-state index contributed by atoms with van der Waals surface area (Å²) < 4.78 is 19.0. The van der Waals surface area contributed by atoms with E-state index in [1.54, 1.807) is 19.2 Å². The normalized spacial score (nSPS) is 12.6. The van der Waals surface area contributed by atoms with Crippen molar-refractivity contribution >= 4 is 23.8 Å². The molecule has 6 nitrogen and oxygen atoms in total. The second-order valence-electron chi connectivity index (χ2n) is 7.78. The first-order valence-electron chi connectivity index (χ1n) is 10.4. The topological polar surface area (TPSA) is 87.7 Å². The van der Waals surface area contributed by atoms with Crippen molar-refractivity contribution in [3.05, 3.63) is 116 Å². The lowest BCUT2D eigenvalue weighted by molar-refractivity contribution is 0.414. The van der Waals surface area contributed by atoms with Gasteiger partial charge in [0.1, 0.15) is 17.3 Å². The Bertz CT molecular complexity index is 1350. The van der Waals surface area contributed by atoms with Crippen LogP contribution in [0.2, 0.25) is 0 Å². The molecule has 0 saturated heterocycles. The van der Waals surface area contributed by atoms with Crippen LogP contribution in [0.1, 0.15) is 35.7 Å². The first kappa shape index (κ1) is 25.0. The van der Waals surface area contributed by atoms with E-state index in [1.165, 1.54) is 12.1 Å². The van der Waals surface area contributed by atoms with Gasteiger partial charge in [0.2, 0.25) is 0 Å². The molecule has 34 heavy (non-hydrogen) atoms. The van der Waals surface area contributed by atoms with Crippen molar-refractivity contribution in [3.63, 3.8) is 0 Å². The van der Waals surface area contributed by atoms with Gasteiger partial charge in [0, 0.05) is 11.7 Å². The second-order valence-corrected chi connectivity index (χ2v) is 7.78. The maximum absolute atomic E-state index is 13.8. The van der Waals surface area contributed by atoms with Crippen molar-refractivity contribution in [2.45, 2.75) is 19.0 Å². The standard InChI is InChI=1S/C26H23FN2O4.ClH/c1-15(17-5-3-7-19(27)13-17)28-22(16-9-11-21(33-2)12-10-16)18-6-4-8-20(14-18)29-23-24(30)26(32)25(23)31;/h3-15,22,28-30H,1-2H3;1H/t15-,22?;/m1./s1. The summed E-state index contributed by atoms with van der Waals surface area (Å²) in [5.74, 6) is -0.141. The third-order valence-corrected chi connectivity index (χ3v) is 5.59. The summed E-state index contributed by atoms with van der Waals surface area (Å²) in [6, 6.07) is 20.9. The average Bonchev–Trinajstić information content (AvgIpc) is 2.85. The van der Waals surface area contributed by atoms with Crippen LogP contribution in [0, 0.1) is 5.82 Å². The summed E-state index contributed by atoms with van der Waals surface area (Å²) in [4.78, 5) is 23.0. The molecule has 0 saturated carbocycles. The number of ether oxygens (including phenoxy) is 1. The summed E-state index contributed by atoms with van der Waals surface area (Å²) in [6.07, 6.45) is 0. The Labute approximate surface area is 202 Å². The molecule has 0 bridgehead atoms. The van der Waals surface area contributed by atoms with E-state index in [4.69, 9.17) is 4.74 Å². The Morgan fingerprint density at radius 1 is 0.882 bits per heavy atom. The quantitative estimate of drug-likeness (QED) is 0.314. The van der Waals surface area contributed by atoms with E-state index in [9.17, 15) is 19.1 Å². The number of halogens is 2. The molecule has 0 aliphatic heterocycles. The molecule has 1 unspecified atom stereocenters. The Morgan fingerprint density at radius 2 is 1.56 bits per heavy atom. The van der Waals surface area contributed by atoms with Gasteiger partial charge in [-0.15, -0.1) is 12.4 Å². The highest BCUT2D eigenvalue weighted by atomic mass is 35.5. The highest BCUT2D eigenvalue weighted by Crippen LogP contribution is 2.30. The molecule has 8 heteroatoms. The fourth-order valence-electron chi connectivity index (χ4n) is 3.74. The van der Waals surface area contributed by atoms with Crippen LogP contribution in [-0.4, -0.2) is 12.2 Å². The number of hydrogen-bond acceptors (Lipinski definition) is 6. The molecule has 3 N–H and O–H groups in total. The molecule has 0 amide bonds. The lowest BCUT2D eigenvalue weighted by Gasteiger charge is -2.25. The van der Waals surface area contributed by atoms with Gasteiger partial charge in [-0.1, -0.05) is 36.4 Å². The molecule has 0 fully saturated rings. The van der Waals surface area contributed by atoms with Gasteiger partial charge in [-0.3, -0.25) is 14.9 Å². The van der Waals surface area contributed by atoms with Crippen LogP contribution >= 0.6 is 12.4 Å². The number of benzene rings is 3.